The maximum absolute atomic E-state index is 12.3. The fourth-order valence-electron chi connectivity index (χ4n) is 2.83. The first-order valence-electron chi connectivity index (χ1n) is 7.13. The lowest BCUT2D eigenvalue weighted by atomic mass is 10.0. The number of fused-ring (bicyclic) bond motifs is 3. The number of nitrogens with zero attached hydrogens (tertiary/aromatic N) is 2. The summed E-state index contributed by atoms with van der Waals surface area (Å²) >= 11 is 1.54. The zero-order chi connectivity index (χ0) is 14.8. The molecule has 2 atom stereocenters. The molecule has 0 saturated heterocycles. The van der Waals surface area contributed by atoms with E-state index in [0.29, 0.717) is 12.0 Å². The Morgan fingerprint density at radius 3 is 3.10 bits per heavy atom. The molecular formula is C15H17N3O2S. The molecule has 0 spiro atoms. The molecule has 1 aliphatic heterocycles. The maximum atomic E-state index is 12.3. The molecule has 5 nitrogen and oxygen atoms in total. The van der Waals surface area contributed by atoms with Crippen molar-refractivity contribution in [3.63, 3.8) is 0 Å². The van der Waals surface area contributed by atoms with Crippen molar-refractivity contribution in [2.24, 2.45) is 5.18 Å². The number of thiophene rings is 1. The predicted octanol–water partition coefficient (Wildman–Crippen LogP) is 3.65. The second-order valence-electron chi connectivity index (χ2n) is 5.25. The van der Waals surface area contributed by atoms with Crippen LogP contribution in [0.25, 0.3) is 5.00 Å². The first-order valence-corrected chi connectivity index (χ1v) is 8.01. The molecule has 3 rings (SSSR count). The molecule has 0 fully saturated rings. The summed E-state index contributed by atoms with van der Waals surface area (Å²) in [4.78, 5) is 23.3. The van der Waals surface area contributed by atoms with Crippen LogP contribution in [0.3, 0.4) is 0 Å². The average Bonchev–Trinajstić information content (AvgIpc) is 3.11. The molecule has 2 aromatic heterocycles. The van der Waals surface area contributed by atoms with Gasteiger partial charge in [0, 0.05) is 11.9 Å². The van der Waals surface area contributed by atoms with Crippen LogP contribution in [0.5, 0.6) is 0 Å². The van der Waals surface area contributed by atoms with Crippen molar-refractivity contribution in [2.45, 2.75) is 38.3 Å². The lowest BCUT2D eigenvalue weighted by Gasteiger charge is -2.19. The molecule has 1 amide bonds. The monoisotopic (exact) mass is 303 g/mol. The van der Waals surface area contributed by atoms with Crippen LogP contribution < -0.4 is 5.32 Å². The van der Waals surface area contributed by atoms with Crippen LogP contribution in [0.15, 0.2) is 35.0 Å². The Kier molecular flexibility index (Phi) is 3.88. The van der Waals surface area contributed by atoms with E-state index in [0.717, 1.165) is 23.5 Å². The molecule has 6 heteroatoms. The molecule has 110 valence electrons. The van der Waals surface area contributed by atoms with Crippen molar-refractivity contribution in [3.8, 4) is 5.00 Å². The van der Waals surface area contributed by atoms with Crippen LogP contribution in [0, 0.1) is 4.91 Å². The number of aromatic nitrogens is 1. The number of carbonyl (C=O) groups excluding carboxylic acids is 1. The van der Waals surface area contributed by atoms with E-state index in [-0.39, 0.29) is 18.0 Å². The SMILES string of the molecule is CCCC(CC1NC(=O)c2ccsc2-n2cccc21)N=O. The van der Waals surface area contributed by atoms with E-state index in [1.807, 2.05) is 41.3 Å². The van der Waals surface area contributed by atoms with Gasteiger partial charge in [0.2, 0.25) is 0 Å². The first-order chi connectivity index (χ1) is 10.2. The summed E-state index contributed by atoms with van der Waals surface area (Å²) in [6.45, 7) is 2.03. The average molecular weight is 303 g/mol. The van der Waals surface area contributed by atoms with E-state index in [1.54, 1.807) is 11.3 Å². The fourth-order valence-corrected chi connectivity index (χ4v) is 3.73. The number of hydrogen-bond donors (Lipinski definition) is 1. The summed E-state index contributed by atoms with van der Waals surface area (Å²) in [7, 11) is 0. The molecule has 0 aliphatic carbocycles. The lowest BCUT2D eigenvalue weighted by Crippen LogP contribution is -2.29. The summed E-state index contributed by atoms with van der Waals surface area (Å²) in [6.07, 6.45) is 4.16. The van der Waals surface area contributed by atoms with E-state index in [1.165, 1.54) is 0 Å². The smallest absolute Gasteiger partial charge is 0.254 e. The molecular weight excluding hydrogens is 286 g/mol. The molecule has 1 N–H and O–H groups in total. The van der Waals surface area contributed by atoms with Gasteiger partial charge in [-0.1, -0.05) is 18.5 Å². The van der Waals surface area contributed by atoms with Gasteiger partial charge in [0.1, 0.15) is 5.00 Å². The van der Waals surface area contributed by atoms with Gasteiger partial charge < -0.3 is 9.88 Å². The van der Waals surface area contributed by atoms with E-state index in [4.69, 9.17) is 0 Å². The second kappa shape index (κ2) is 5.81. The van der Waals surface area contributed by atoms with Gasteiger partial charge in [0.05, 0.1) is 17.6 Å². The van der Waals surface area contributed by atoms with Gasteiger partial charge >= 0.3 is 0 Å². The minimum Gasteiger partial charge on any atom is -0.344 e. The van der Waals surface area contributed by atoms with Crippen LogP contribution in [0.2, 0.25) is 0 Å². The van der Waals surface area contributed by atoms with Gasteiger partial charge in [-0.05, 0) is 36.4 Å². The predicted molar refractivity (Wildman–Crippen MR) is 83.0 cm³/mol. The highest BCUT2D eigenvalue weighted by molar-refractivity contribution is 7.13. The molecule has 0 bridgehead atoms. The topological polar surface area (TPSA) is 63.5 Å². The first kappa shape index (κ1) is 14.0. The normalized spacial score (nSPS) is 18.3. The summed E-state index contributed by atoms with van der Waals surface area (Å²) in [6, 6.07) is 5.35. The van der Waals surface area contributed by atoms with E-state index in [9.17, 15) is 9.70 Å². The Morgan fingerprint density at radius 2 is 2.33 bits per heavy atom. The summed E-state index contributed by atoms with van der Waals surface area (Å²) in [5.41, 5.74) is 1.69. The number of carbonyl (C=O) groups is 1. The third-order valence-corrected chi connectivity index (χ3v) is 4.74. The molecule has 0 radical (unpaired) electrons. The van der Waals surface area contributed by atoms with Gasteiger partial charge in [-0.2, -0.15) is 4.91 Å². The Hall–Kier alpha value is -1.95. The van der Waals surface area contributed by atoms with Crippen molar-refractivity contribution in [3.05, 3.63) is 45.9 Å². The van der Waals surface area contributed by atoms with E-state index in [2.05, 4.69) is 10.5 Å². The van der Waals surface area contributed by atoms with Crippen molar-refractivity contribution in [1.82, 2.24) is 9.88 Å². The minimum atomic E-state index is -0.264. The largest absolute Gasteiger partial charge is 0.344 e. The number of nitroso groups, excluding NO2 is 1. The lowest BCUT2D eigenvalue weighted by molar-refractivity contribution is 0.0935. The molecule has 0 aromatic carbocycles. The molecule has 2 aromatic rings. The molecule has 1 aliphatic rings. The zero-order valence-corrected chi connectivity index (χ0v) is 12.6. The number of amides is 1. The molecule has 0 saturated carbocycles. The fraction of sp³-hybridized carbons (Fsp3) is 0.400. The van der Waals surface area contributed by atoms with Crippen molar-refractivity contribution in [2.75, 3.05) is 0 Å². The summed E-state index contributed by atoms with van der Waals surface area (Å²) in [5.74, 6) is -0.0823. The van der Waals surface area contributed by atoms with Crippen LogP contribution in [0.4, 0.5) is 0 Å². The Morgan fingerprint density at radius 1 is 1.48 bits per heavy atom. The minimum absolute atomic E-state index is 0.0823. The molecule has 3 heterocycles. The number of hydrogen-bond acceptors (Lipinski definition) is 4. The third-order valence-electron chi connectivity index (χ3n) is 3.83. The van der Waals surface area contributed by atoms with E-state index < -0.39 is 0 Å². The molecule has 2 unspecified atom stereocenters. The van der Waals surface area contributed by atoms with Gasteiger partial charge in [-0.15, -0.1) is 11.3 Å². The standard InChI is InChI=1S/C15H17N3O2S/c1-2-4-10(17-20)9-12-13-5-3-7-18(13)15-11(6-8-21-15)14(19)16-12/h3,5-8,10,12H,2,4,9H2,1H3,(H,16,19). The Bertz CT molecular complexity index is 661. The third kappa shape index (κ3) is 2.51. The van der Waals surface area contributed by atoms with Crippen LogP contribution >= 0.6 is 11.3 Å². The number of nitrogens with one attached hydrogen (secondary N) is 1. The highest BCUT2D eigenvalue weighted by Gasteiger charge is 2.29. The van der Waals surface area contributed by atoms with Crippen molar-refractivity contribution < 1.29 is 4.79 Å². The van der Waals surface area contributed by atoms with E-state index >= 15 is 0 Å². The van der Waals surface area contributed by atoms with Crippen molar-refractivity contribution in [1.29, 1.82) is 0 Å². The Balaban J connectivity index is 1.96. The van der Waals surface area contributed by atoms with Gasteiger partial charge in [0.15, 0.2) is 0 Å². The zero-order valence-electron chi connectivity index (χ0n) is 11.8. The highest BCUT2D eigenvalue weighted by Crippen LogP contribution is 2.32. The number of rotatable bonds is 5. The highest BCUT2D eigenvalue weighted by atomic mass is 32.1. The van der Waals surface area contributed by atoms with Crippen LogP contribution in [-0.2, 0) is 0 Å². The van der Waals surface area contributed by atoms with Gasteiger partial charge in [-0.3, -0.25) is 4.79 Å². The summed E-state index contributed by atoms with van der Waals surface area (Å²) < 4.78 is 2.04. The van der Waals surface area contributed by atoms with Crippen LogP contribution in [-0.4, -0.2) is 16.5 Å². The van der Waals surface area contributed by atoms with Gasteiger partial charge in [-0.25, -0.2) is 0 Å². The van der Waals surface area contributed by atoms with Gasteiger partial charge in [0.25, 0.3) is 5.91 Å². The second-order valence-corrected chi connectivity index (χ2v) is 6.15. The summed E-state index contributed by atoms with van der Waals surface area (Å²) in [5, 5.41) is 9.10. The Labute approximate surface area is 127 Å². The quantitative estimate of drug-likeness (QED) is 0.857. The van der Waals surface area contributed by atoms with Crippen LogP contribution in [0.1, 0.15) is 48.3 Å². The maximum Gasteiger partial charge on any atom is 0.254 e. The molecule has 21 heavy (non-hydrogen) atoms. The van der Waals surface area contributed by atoms with Crippen molar-refractivity contribution >= 4 is 17.2 Å².